The third kappa shape index (κ3) is 2.73. The maximum Gasteiger partial charge on any atom is 0.151 e. The fourth-order valence-corrected chi connectivity index (χ4v) is 2.31. The molecule has 0 bridgehead atoms. The molecule has 0 saturated heterocycles. The van der Waals surface area contributed by atoms with E-state index in [1.165, 1.54) is 6.26 Å². The quantitative estimate of drug-likeness (QED) is 0.879. The van der Waals surface area contributed by atoms with Crippen LogP contribution in [0.5, 0.6) is 0 Å². The highest BCUT2D eigenvalue weighted by Gasteiger charge is 2.12. The summed E-state index contributed by atoms with van der Waals surface area (Å²) in [4.78, 5) is 0. The predicted octanol–water partition coefficient (Wildman–Crippen LogP) is 1.16. The molecule has 0 radical (unpaired) electrons. The fourth-order valence-electron chi connectivity index (χ4n) is 1.55. The Morgan fingerprint density at radius 3 is 2.89 bits per heavy atom. The zero-order valence-electron chi connectivity index (χ0n) is 10.0. The first-order valence-corrected chi connectivity index (χ1v) is 7.40. The van der Waals surface area contributed by atoms with Crippen molar-refractivity contribution >= 4 is 15.5 Å². The number of rotatable bonds is 5. The van der Waals surface area contributed by atoms with Gasteiger partial charge in [-0.3, -0.25) is 4.68 Å². The number of furan rings is 1. The standard InChI is InChI=1S/C11H15N3O3S/c1-2-18(15,16)6-4-14-7-10(12)11(13-14)9-3-5-17-8-9/h3,5,7-8H,2,4,6,12H2,1H3. The van der Waals surface area contributed by atoms with Crippen molar-refractivity contribution in [3.05, 3.63) is 24.8 Å². The number of nitrogens with two attached hydrogens (primary N) is 1. The van der Waals surface area contributed by atoms with Crippen LogP contribution in [0.15, 0.2) is 29.2 Å². The minimum Gasteiger partial charge on any atom is -0.472 e. The van der Waals surface area contributed by atoms with Crippen molar-refractivity contribution in [3.8, 4) is 11.3 Å². The van der Waals surface area contributed by atoms with E-state index in [0.717, 1.165) is 5.56 Å². The van der Waals surface area contributed by atoms with Gasteiger partial charge in [0.25, 0.3) is 0 Å². The van der Waals surface area contributed by atoms with Gasteiger partial charge in [0.1, 0.15) is 5.69 Å². The minimum atomic E-state index is -3.00. The summed E-state index contributed by atoms with van der Waals surface area (Å²) in [6.45, 7) is 1.93. The summed E-state index contributed by atoms with van der Waals surface area (Å²) in [5.41, 5.74) is 7.73. The minimum absolute atomic E-state index is 0.0649. The molecule has 0 aromatic carbocycles. The molecule has 18 heavy (non-hydrogen) atoms. The van der Waals surface area contributed by atoms with Crippen LogP contribution in [0.4, 0.5) is 5.69 Å². The van der Waals surface area contributed by atoms with Crippen LogP contribution in [0.2, 0.25) is 0 Å². The van der Waals surface area contributed by atoms with Gasteiger partial charge >= 0.3 is 0 Å². The fraction of sp³-hybridized carbons (Fsp3) is 0.364. The van der Waals surface area contributed by atoms with Crippen LogP contribution in [0.3, 0.4) is 0 Å². The van der Waals surface area contributed by atoms with E-state index in [2.05, 4.69) is 5.10 Å². The van der Waals surface area contributed by atoms with Crippen molar-refractivity contribution in [2.75, 3.05) is 17.2 Å². The first-order chi connectivity index (χ1) is 8.52. The summed E-state index contributed by atoms with van der Waals surface area (Å²) < 4.78 is 29.3. The summed E-state index contributed by atoms with van der Waals surface area (Å²) in [6, 6.07) is 1.76. The lowest BCUT2D eigenvalue weighted by molar-refractivity contribution is 0.567. The molecular formula is C11H15N3O3S. The Labute approximate surface area is 105 Å². The van der Waals surface area contributed by atoms with Crippen LogP contribution in [0, 0.1) is 0 Å². The highest BCUT2D eigenvalue weighted by Crippen LogP contribution is 2.23. The number of nitrogens with zero attached hydrogens (tertiary/aromatic N) is 2. The molecule has 0 unspecified atom stereocenters. The van der Waals surface area contributed by atoms with Gasteiger partial charge in [-0.25, -0.2) is 8.42 Å². The topological polar surface area (TPSA) is 91.1 Å². The zero-order valence-corrected chi connectivity index (χ0v) is 10.9. The molecule has 6 nitrogen and oxygen atoms in total. The molecule has 98 valence electrons. The van der Waals surface area contributed by atoms with Gasteiger partial charge in [0.15, 0.2) is 9.84 Å². The van der Waals surface area contributed by atoms with Crippen molar-refractivity contribution in [2.45, 2.75) is 13.5 Å². The van der Waals surface area contributed by atoms with Gasteiger partial charge in [0, 0.05) is 17.5 Å². The van der Waals surface area contributed by atoms with Crippen molar-refractivity contribution in [1.82, 2.24) is 9.78 Å². The molecule has 2 aromatic rings. The Hall–Kier alpha value is -1.76. The molecule has 0 fully saturated rings. The number of aryl methyl sites for hydroxylation is 1. The van der Waals surface area contributed by atoms with Crippen LogP contribution in [-0.4, -0.2) is 29.7 Å². The molecule has 2 rings (SSSR count). The smallest absolute Gasteiger partial charge is 0.151 e. The summed E-state index contributed by atoms with van der Waals surface area (Å²) in [5.74, 6) is 0.202. The molecule has 7 heteroatoms. The first-order valence-electron chi connectivity index (χ1n) is 5.58. The zero-order chi connectivity index (χ0) is 13.2. The first kappa shape index (κ1) is 12.7. The largest absolute Gasteiger partial charge is 0.472 e. The summed E-state index contributed by atoms with van der Waals surface area (Å²) in [6.07, 6.45) is 4.72. The molecule has 0 aliphatic carbocycles. The molecule has 0 aliphatic heterocycles. The Bertz CT molecular complexity index is 614. The lowest BCUT2D eigenvalue weighted by Gasteiger charge is -2.01. The van der Waals surface area contributed by atoms with E-state index in [1.807, 2.05) is 0 Å². The van der Waals surface area contributed by atoms with Crippen molar-refractivity contribution < 1.29 is 12.8 Å². The number of sulfone groups is 1. The Balaban J connectivity index is 2.15. The van der Waals surface area contributed by atoms with E-state index in [9.17, 15) is 8.42 Å². The number of hydrogen-bond acceptors (Lipinski definition) is 5. The van der Waals surface area contributed by atoms with Crippen LogP contribution in [-0.2, 0) is 16.4 Å². The number of hydrogen-bond donors (Lipinski definition) is 1. The maximum atomic E-state index is 11.4. The van der Waals surface area contributed by atoms with E-state index in [4.69, 9.17) is 10.2 Å². The third-order valence-electron chi connectivity index (χ3n) is 2.66. The molecule has 0 saturated carbocycles. The van der Waals surface area contributed by atoms with Gasteiger partial charge in [-0.15, -0.1) is 0 Å². The molecule has 2 N–H and O–H groups in total. The second-order valence-corrected chi connectivity index (χ2v) is 6.42. The Morgan fingerprint density at radius 1 is 1.50 bits per heavy atom. The summed E-state index contributed by atoms with van der Waals surface area (Å²) in [5, 5.41) is 4.26. The van der Waals surface area contributed by atoms with Gasteiger partial charge in [-0.2, -0.15) is 5.10 Å². The van der Waals surface area contributed by atoms with E-state index < -0.39 is 9.84 Å². The van der Waals surface area contributed by atoms with E-state index >= 15 is 0 Å². The van der Waals surface area contributed by atoms with Crippen molar-refractivity contribution in [2.24, 2.45) is 0 Å². The van der Waals surface area contributed by atoms with Gasteiger partial charge < -0.3 is 10.2 Å². The molecule has 2 aromatic heterocycles. The molecule has 2 heterocycles. The van der Waals surface area contributed by atoms with E-state index in [1.54, 1.807) is 30.1 Å². The number of nitrogen functional groups attached to an aromatic ring is 1. The van der Waals surface area contributed by atoms with Gasteiger partial charge in [-0.05, 0) is 6.07 Å². The van der Waals surface area contributed by atoms with Crippen LogP contribution >= 0.6 is 0 Å². The molecular weight excluding hydrogens is 254 g/mol. The van der Waals surface area contributed by atoms with Crippen LogP contribution in [0.1, 0.15) is 6.92 Å². The lowest BCUT2D eigenvalue weighted by atomic mass is 10.2. The third-order valence-corrected chi connectivity index (χ3v) is 4.34. The molecule has 0 amide bonds. The van der Waals surface area contributed by atoms with Gasteiger partial charge in [0.05, 0.1) is 30.5 Å². The van der Waals surface area contributed by atoms with Crippen molar-refractivity contribution in [1.29, 1.82) is 0 Å². The average Bonchev–Trinajstić information content (AvgIpc) is 2.95. The second-order valence-electron chi connectivity index (χ2n) is 3.94. The Kier molecular flexibility index (Phi) is 3.42. The predicted molar refractivity (Wildman–Crippen MR) is 68.7 cm³/mol. The summed E-state index contributed by atoms with van der Waals surface area (Å²) >= 11 is 0. The monoisotopic (exact) mass is 269 g/mol. The Morgan fingerprint density at radius 2 is 2.28 bits per heavy atom. The van der Waals surface area contributed by atoms with Crippen molar-refractivity contribution in [3.63, 3.8) is 0 Å². The summed E-state index contributed by atoms with van der Waals surface area (Å²) in [7, 11) is -3.00. The van der Waals surface area contributed by atoms with Gasteiger partial charge in [-0.1, -0.05) is 6.92 Å². The van der Waals surface area contributed by atoms with E-state index in [-0.39, 0.29) is 11.5 Å². The second kappa shape index (κ2) is 4.85. The van der Waals surface area contributed by atoms with Crippen LogP contribution in [0.25, 0.3) is 11.3 Å². The van der Waals surface area contributed by atoms with Gasteiger partial charge in [0.2, 0.25) is 0 Å². The SMILES string of the molecule is CCS(=O)(=O)CCn1cc(N)c(-c2ccoc2)n1. The normalized spacial score (nSPS) is 11.8. The maximum absolute atomic E-state index is 11.4. The molecule has 0 atom stereocenters. The number of aromatic nitrogens is 2. The van der Waals surface area contributed by atoms with Crippen LogP contribution < -0.4 is 5.73 Å². The lowest BCUT2D eigenvalue weighted by Crippen LogP contribution is -2.14. The highest BCUT2D eigenvalue weighted by atomic mass is 32.2. The highest BCUT2D eigenvalue weighted by molar-refractivity contribution is 7.91. The number of anilines is 1. The average molecular weight is 269 g/mol. The van der Waals surface area contributed by atoms with E-state index in [0.29, 0.717) is 17.9 Å². The molecule has 0 spiro atoms. The molecule has 0 aliphatic rings.